The fourth-order valence-corrected chi connectivity index (χ4v) is 1.82. The van der Waals surface area contributed by atoms with Crippen LogP contribution in [-0.2, 0) is 6.54 Å². The average molecular weight is 472 g/mol. The molecule has 24 heavy (non-hydrogen) atoms. The third-order valence-electron chi connectivity index (χ3n) is 2.71. The Morgan fingerprint density at radius 2 is 1.67 bits per heavy atom. The molecule has 0 heterocycles. The van der Waals surface area contributed by atoms with Crippen molar-refractivity contribution in [1.82, 2.24) is 0 Å². The second-order valence-electron chi connectivity index (χ2n) is 4.53. The highest BCUT2D eigenvalue weighted by atomic mass is 127. The number of aliphatic imine (C=N–C) groups is 1. The fourth-order valence-electron chi connectivity index (χ4n) is 1.69. The lowest BCUT2D eigenvalue weighted by molar-refractivity contribution is -0.274. The predicted octanol–water partition coefficient (Wildman–Crippen LogP) is 4.78. The number of ether oxygens (including phenoxy) is 1. The SMILES string of the molecule is I.NC(=NCc1ccc(Cl)cc1)Nc1ccc(OC(F)(F)F)cc1. The molecule has 9 heteroatoms. The largest absolute Gasteiger partial charge is 0.573 e. The molecule has 0 unspecified atom stereocenters. The number of nitrogens with zero attached hydrogens (tertiary/aromatic N) is 1. The number of rotatable bonds is 4. The fraction of sp³-hybridized carbons (Fsp3) is 0.133. The average Bonchev–Trinajstić information content (AvgIpc) is 2.47. The van der Waals surface area contributed by atoms with Gasteiger partial charge in [0.25, 0.3) is 0 Å². The quantitative estimate of drug-likeness (QED) is 0.383. The zero-order valence-corrected chi connectivity index (χ0v) is 15.3. The molecule has 3 N–H and O–H groups in total. The summed E-state index contributed by atoms with van der Waals surface area (Å²) in [5.74, 6) is -0.163. The van der Waals surface area contributed by atoms with Crippen LogP contribution >= 0.6 is 35.6 Å². The molecule has 130 valence electrons. The maximum atomic E-state index is 12.1. The summed E-state index contributed by atoms with van der Waals surface area (Å²) in [7, 11) is 0. The Bertz CT molecular complexity index is 676. The summed E-state index contributed by atoms with van der Waals surface area (Å²) in [6, 6.07) is 12.3. The van der Waals surface area contributed by atoms with Crippen LogP contribution < -0.4 is 15.8 Å². The van der Waals surface area contributed by atoms with Crippen LogP contribution in [0.5, 0.6) is 5.75 Å². The summed E-state index contributed by atoms with van der Waals surface area (Å²) in [6.45, 7) is 0.352. The van der Waals surface area contributed by atoms with Gasteiger partial charge in [-0.2, -0.15) is 0 Å². The van der Waals surface area contributed by atoms with E-state index < -0.39 is 6.36 Å². The molecule has 0 amide bonds. The van der Waals surface area contributed by atoms with Crippen LogP contribution in [0.2, 0.25) is 5.02 Å². The summed E-state index contributed by atoms with van der Waals surface area (Å²) in [6.07, 6.45) is -4.71. The maximum absolute atomic E-state index is 12.1. The van der Waals surface area contributed by atoms with Gasteiger partial charge in [-0.1, -0.05) is 23.7 Å². The van der Waals surface area contributed by atoms with Crippen molar-refractivity contribution >= 4 is 47.2 Å². The van der Waals surface area contributed by atoms with Crippen LogP contribution in [0.3, 0.4) is 0 Å². The second kappa shape index (κ2) is 8.97. The minimum Gasteiger partial charge on any atom is -0.406 e. The first-order chi connectivity index (χ1) is 10.8. The molecule has 0 atom stereocenters. The van der Waals surface area contributed by atoms with E-state index in [1.165, 1.54) is 24.3 Å². The van der Waals surface area contributed by atoms with Gasteiger partial charge in [0, 0.05) is 10.7 Å². The molecular weight excluding hydrogens is 458 g/mol. The first kappa shape index (κ1) is 20.4. The summed E-state index contributed by atoms with van der Waals surface area (Å²) in [5, 5.41) is 3.41. The molecule has 2 aromatic rings. The highest BCUT2D eigenvalue weighted by molar-refractivity contribution is 14.0. The topological polar surface area (TPSA) is 59.6 Å². The van der Waals surface area contributed by atoms with Crippen LogP contribution in [0, 0.1) is 0 Å². The monoisotopic (exact) mass is 471 g/mol. The van der Waals surface area contributed by atoms with E-state index >= 15 is 0 Å². The lowest BCUT2D eigenvalue weighted by atomic mass is 10.2. The van der Waals surface area contributed by atoms with Crippen LogP contribution in [0.1, 0.15) is 5.56 Å². The first-order valence-electron chi connectivity index (χ1n) is 6.49. The zero-order valence-electron chi connectivity index (χ0n) is 12.2. The standard InChI is InChI=1S/C15H13ClF3N3O.HI/c16-11-3-1-10(2-4-11)9-21-14(20)22-12-5-7-13(8-6-12)23-15(17,18)19;/h1-8H,9H2,(H3,20,21,22);1H. The van der Waals surface area contributed by atoms with E-state index in [0.717, 1.165) is 5.56 Å². The van der Waals surface area contributed by atoms with Crippen LogP contribution in [0.25, 0.3) is 0 Å². The number of nitrogens with one attached hydrogen (secondary N) is 1. The van der Waals surface area contributed by atoms with Crippen LogP contribution in [-0.4, -0.2) is 12.3 Å². The van der Waals surface area contributed by atoms with Crippen LogP contribution in [0.15, 0.2) is 53.5 Å². The Morgan fingerprint density at radius 1 is 1.08 bits per heavy atom. The van der Waals surface area contributed by atoms with Crippen molar-refractivity contribution in [3.05, 3.63) is 59.1 Å². The third kappa shape index (κ3) is 7.26. The Hall–Kier alpha value is -1.68. The lowest BCUT2D eigenvalue weighted by Crippen LogP contribution is -2.22. The number of benzene rings is 2. The smallest absolute Gasteiger partial charge is 0.406 e. The highest BCUT2D eigenvalue weighted by Gasteiger charge is 2.30. The van der Waals surface area contributed by atoms with Gasteiger partial charge in [0.05, 0.1) is 6.54 Å². The van der Waals surface area contributed by atoms with Crippen molar-refractivity contribution in [2.75, 3.05) is 5.32 Å². The van der Waals surface area contributed by atoms with E-state index in [4.69, 9.17) is 17.3 Å². The number of guanidine groups is 1. The summed E-state index contributed by atoms with van der Waals surface area (Å²) >= 11 is 5.78. The molecule has 0 aliphatic heterocycles. The van der Waals surface area contributed by atoms with Crippen molar-refractivity contribution in [2.45, 2.75) is 12.9 Å². The molecule has 2 rings (SSSR count). The molecule has 0 aliphatic carbocycles. The predicted molar refractivity (Wildman–Crippen MR) is 98.9 cm³/mol. The summed E-state index contributed by atoms with van der Waals surface area (Å²) in [4.78, 5) is 4.13. The molecule has 4 nitrogen and oxygen atoms in total. The van der Waals surface area contributed by atoms with Crippen molar-refractivity contribution in [1.29, 1.82) is 0 Å². The molecule has 2 aromatic carbocycles. The highest BCUT2D eigenvalue weighted by Crippen LogP contribution is 2.23. The van der Waals surface area contributed by atoms with Gasteiger partial charge in [-0.3, -0.25) is 0 Å². The number of anilines is 1. The minimum absolute atomic E-state index is 0. The van der Waals surface area contributed by atoms with Crippen LogP contribution in [0.4, 0.5) is 18.9 Å². The van der Waals surface area contributed by atoms with Gasteiger partial charge in [-0.15, -0.1) is 37.1 Å². The maximum Gasteiger partial charge on any atom is 0.573 e. The number of halogens is 5. The van der Waals surface area contributed by atoms with Gasteiger partial charge in [-0.05, 0) is 42.0 Å². The van der Waals surface area contributed by atoms with Gasteiger partial charge < -0.3 is 15.8 Å². The molecule has 0 aromatic heterocycles. The zero-order chi connectivity index (χ0) is 16.9. The van der Waals surface area contributed by atoms with E-state index in [1.54, 1.807) is 12.1 Å². The molecule has 0 bridgehead atoms. The Kier molecular flexibility index (Phi) is 7.61. The van der Waals surface area contributed by atoms with E-state index in [1.807, 2.05) is 12.1 Å². The molecule has 0 saturated carbocycles. The molecular formula is C15H14ClF3IN3O. The van der Waals surface area contributed by atoms with Gasteiger partial charge in [0.15, 0.2) is 5.96 Å². The number of alkyl halides is 3. The second-order valence-corrected chi connectivity index (χ2v) is 4.96. The Balaban J connectivity index is 0.00000288. The molecule has 0 radical (unpaired) electrons. The van der Waals surface area contributed by atoms with Crippen molar-refractivity contribution in [3.8, 4) is 5.75 Å². The van der Waals surface area contributed by atoms with Gasteiger partial charge in [-0.25, -0.2) is 4.99 Å². The number of hydrogen-bond donors (Lipinski definition) is 2. The third-order valence-corrected chi connectivity index (χ3v) is 2.96. The lowest BCUT2D eigenvalue weighted by Gasteiger charge is -2.10. The van der Waals surface area contributed by atoms with Gasteiger partial charge in [0.1, 0.15) is 5.75 Å². The molecule has 0 aliphatic rings. The summed E-state index contributed by atoms with van der Waals surface area (Å²) in [5.41, 5.74) is 7.15. The minimum atomic E-state index is -4.71. The molecule has 0 spiro atoms. The van der Waals surface area contributed by atoms with Gasteiger partial charge >= 0.3 is 6.36 Å². The van der Waals surface area contributed by atoms with E-state index in [0.29, 0.717) is 17.3 Å². The number of nitrogens with two attached hydrogens (primary N) is 1. The number of hydrogen-bond acceptors (Lipinski definition) is 2. The Labute approximate surface area is 158 Å². The normalized spacial score (nSPS) is 11.6. The molecule has 0 fully saturated rings. The van der Waals surface area contributed by atoms with Crippen molar-refractivity contribution < 1.29 is 17.9 Å². The Morgan fingerprint density at radius 3 is 2.21 bits per heavy atom. The summed E-state index contributed by atoms with van der Waals surface area (Å²) < 4.78 is 39.9. The first-order valence-corrected chi connectivity index (χ1v) is 6.87. The van der Waals surface area contributed by atoms with Crippen molar-refractivity contribution in [2.24, 2.45) is 10.7 Å². The molecule has 0 saturated heterocycles. The van der Waals surface area contributed by atoms with Crippen molar-refractivity contribution in [3.63, 3.8) is 0 Å². The van der Waals surface area contributed by atoms with E-state index in [2.05, 4.69) is 15.0 Å². The van der Waals surface area contributed by atoms with E-state index in [9.17, 15) is 13.2 Å². The van der Waals surface area contributed by atoms with E-state index in [-0.39, 0.29) is 35.7 Å². The van der Waals surface area contributed by atoms with Gasteiger partial charge in [0.2, 0.25) is 0 Å².